The molecule has 0 radical (unpaired) electrons. The van der Waals surface area contributed by atoms with Crippen molar-refractivity contribution in [3.8, 4) is 0 Å². The van der Waals surface area contributed by atoms with Crippen LogP contribution in [0.15, 0.2) is 6.07 Å². The number of hydrogen-bond acceptors (Lipinski definition) is 4. The average molecular weight is 238 g/mol. The van der Waals surface area contributed by atoms with Crippen molar-refractivity contribution in [3.63, 3.8) is 0 Å². The Bertz CT molecular complexity index is 390. The minimum absolute atomic E-state index is 0.310. The van der Waals surface area contributed by atoms with Crippen molar-refractivity contribution in [3.05, 3.63) is 17.5 Å². The lowest BCUT2D eigenvalue weighted by molar-refractivity contribution is 0.629. The molecule has 16 heavy (non-hydrogen) atoms. The predicted molar refractivity (Wildman–Crippen MR) is 70.8 cm³/mol. The van der Waals surface area contributed by atoms with Crippen LogP contribution in [-0.2, 0) is 0 Å². The second kappa shape index (κ2) is 5.21. The van der Waals surface area contributed by atoms with E-state index >= 15 is 0 Å². The number of aromatic nitrogens is 2. The fourth-order valence-electron chi connectivity index (χ4n) is 1.48. The van der Waals surface area contributed by atoms with Gasteiger partial charge in [0.15, 0.2) is 0 Å². The largest absolute Gasteiger partial charge is 0.388 e. The molecule has 1 aromatic heterocycles. The molecule has 0 aliphatic heterocycles. The van der Waals surface area contributed by atoms with Gasteiger partial charge in [0.25, 0.3) is 0 Å². The molecule has 0 amide bonds. The Labute approximate surface area is 102 Å². The number of nitrogens with zero attached hydrogens (tertiary/aromatic N) is 3. The van der Waals surface area contributed by atoms with Gasteiger partial charge in [-0.25, -0.2) is 9.97 Å². The molecule has 0 saturated carbocycles. The summed E-state index contributed by atoms with van der Waals surface area (Å²) in [5.41, 5.74) is 7.09. The summed E-state index contributed by atoms with van der Waals surface area (Å²) >= 11 is 4.92. The molecule has 5 heteroatoms. The summed E-state index contributed by atoms with van der Waals surface area (Å²) in [5, 5.41) is 0. The molecule has 0 fully saturated rings. The van der Waals surface area contributed by atoms with Crippen molar-refractivity contribution in [2.75, 3.05) is 18.5 Å². The van der Waals surface area contributed by atoms with Gasteiger partial charge in [-0.1, -0.05) is 26.1 Å². The third kappa shape index (κ3) is 3.41. The highest BCUT2D eigenvalue weighted by Crippen LogP contribution is 2.10. The zero-order valence-corrected chi connectivity index (χ0v) is 11.0. The van der Waals surface area contributed by atoms with Crippen molar-refractivity contribution in [2.45, 2.75) is 20.8 Å². The van der Waals surface area contributed by atoms with Crippen LogP contribution in [-0.4, -0.2) is 28.5 Å². The van der Waals surface area contributed by atoms with Crippen molar-refractivity contribution in [2.24, 2.45) is 11.7 Å². The van der Waals surface area contributed by atoms with Crippen LogP contribution in [0, 0.1) is 12.8 Å². The molecule has 0 spiro atoms. The Morgan fingerprint density at radius 3 is 2.62 bits per heavy atom. The third-order valence-corrected chi connectivity index (χ3v) is 2.28. The van der Waals surface area contributed by atoms with Gasteiger partial charge in [-0.05, 0) is 18.9 Å². The van der Waals surface area contributed by atoms with Gasteiger partial charge in [-0.15, -0.1) is 0 Å². The molecule has 0 atom stereocenters. The third-order valence-electron chi connectivity index (χ3n) is 2.08. The Hall–Kier alpha value is -1.23. The molecule has 88 valence electrons. The standard InChI is InChI=1S/C11H18N4S/c1-7(2)6-15(4)11-13-8(3)5-9(14-11)10(12)16/h5,7H,6H2,1-4H3,(H2,12,16). The van der Waals surface area contributed by atoms with Crippen molar-refractivity contribution in [1.82, 2.24) is 9.97 Å². The minimum Gasteiger partial charge on any atom is -0.388 e. The summed E-state index contributed by atoms with van der Waals surface area (Å²) in [6.07, 6.45) is 0. The highest BCUT2D eigenvalue weighted by Gasteiger charge is 2.09. The topological polar surface area (TPSA) is 55.0 Å². The van der Waals surface area contributed by atoms with Crippen LogP contribution in [0.2, 0.25) is 0 Å². The van der Waals surface area contributed by atoms with Gasteiger partial charge in [-0.3, -0.25) is 0 Å². The molecule has 1 heterocycles. The van der Waals surface area contributed by atoms with Gasteiger partial charge in [0.2, 0.25) is 5.95 Å². The molecule has 0 aliphatic carbocycles. The van der Waals surface area contributed by atoms with Crippen LogP contribution in [0.25, 0.3) is 0 Å². The first kappa shape index (κ1) is 12.8. The van der Waals surface area contributed by atoms with Gasteiger partial charge in [-0.2, -0.15) is 0 Å². The van der Waals surface area contributed by atoms with E-state index in [1.165, 1.54) is 0 Å². The molecule has 2 N–H and O–H groups in total. The molecule has 0 unspecified atom stereocenters. The summed E-state index contributed by atoms with van der Waals surface area (Å²) in [6.45, 7) is 7.12. The zero-order valence-electron chi connectivity index (χ0n) is 10.2. The van der Waals surface area contributed by atoms with Gasteiger partial charge >= 0.3 is 0 Å². The minimum atomic E-state index is 0.310. The summed E-state index contributed by atoms with van der Waals surface area (Å²) < 4.78 is 0. The smallest absolute Gasteiger partial charge is 0.225 e. The van der Waals surface area contributed by atoms with Crippen LogP contribution >= 0.6 is 12.2 Å². The van der Waals surface area contributed by atoms with Gasteiger partial charge in [0.1, 0.15) is 10.7 Å². The Balaban J connectivity index is 3.00. The first-order chi connectivity index (χ1) is 7.40. The summed E-state index contributed by atoms with van der Waals surface area (Å²) in [6, 6.07) is 1.80. The van der Waals surface area contributed by atoms with Crippen molar-refractivity contribution in [1.29, 1.82) is 0 Å². The van der Waals surface area contributed by atoms with Crippen molar-refractivity contribution < 1.29 is 0 Å². The van der Waals surface area contributed by atoms with E-state index in [0.29, 0.717) is 22.5 Å². The van der Waals surface area contributed by atoms with E-state index in [4.69, 9.17) is 18.0 Å². The van der Waals surface area contributed by atoms with Gasteiger partial charge in [0, 0.05) is 19.3 Å². The maximum atomic E-state index is 5.58. The molecular weight excluding hydrogens is 220 g/mol. The van der Waals surface area contributed by atoms with Crippen LogP contribution in [0.4, 0.5) is 5.95 Å². The number of hydrogen-bond donors (Lipinski definition) is 1. The quantitative estimate of drug-likeness (QED) is 0.806. The van der Waals surface area contributed by atoms with E-state index in [0.717, 1.165) is 12.2 Å². The summed E-state index contributed by atoms with van der Waals surface area (Å²) in [7, 11) is 1.97. The molecule has 1 aromatic rings. The van der Waals surface area contributed by atoms with Gasteiger partial charge < -0.3 is 10.6 Å². The van der Waals surface area contributed by atoms with Crippen molar-refractivity contribution >= 4 is 23.2 Å². The Kier molecular flexibility index (Phi) is 4.18. The van der Waals surface area contributed by atoms with E-state index in [-0.39, 0.29) is 0 Å². The lowest BCUT2D eigenvalue weighted by Gasteiger charge is -2.20. The summed E-state index contributed by atoms with van der Waals surface area (Å²) in [5.74, 6) is 1.24. The molecule has 0 saturated heterocycles. The second-order valence-corrected chi connectivity index (χ2v) is 4.77. The molecule has 4 nitrogen and oxygen atoms in total. The van der Waals surface area contributed by atoms with Crippen LogP contribution in [0.3, 0.4) is 0 Å². The Morgan fingerprint density at radius 2 is 2.12 bits per heavy atom. The first-order valence-electron chi connectivity index (χ1n) is 5.26. The van der Waals surface area contributed by atoms with E-state index in [9.17, 15) is 0 Å². The van der Waals surface area contributed by atoms with E-state index in [2.05, 4.69) is 23.8 Å². The summed E-state index contributed by atoms with van der Waals surface area (Å²) in [4.78, 5) is 11.0. The molecule has 0 aliphatic rings. The highest BCUT2D eigenvalue weighted by atomic mass is 32.1. The second-order valence-electron chi connectivity index (χ2n) is 4.33. The van der Waals surface area contributed by atoms with E-state index in [1.807, 2.05) is 18.9 Å². The number of anilines is 1. The van der Waals surface area contributed by atoms with Gasteiger partial charge in [0.05, 0.1) is 0 Å². The van der Waals surface area contributed by atoms with Crippen LogP contribution in [0.1, 0.15) is 25.2 Å². The Morgan fingerprint density at radius 1 is 1.50 bits per heavy atom. The molecule has 0 bridgehead atoms. The first-order valence-corrected chi connectivity index (χ1v) is 5.67. The fraction of sp³-hybridized carbons (Fsp3) is 0.545. The maximum Gasteiger partial charge on any atom is 0.225 e. The average Bonchev–Trinajstić information content (AvgIpc) is 2.15. The number of rotatable bonds is 4. The monoisotopic (exact) mass is 238 g/mol. The molecule has 1 rings (SSSR count). The highest BCUT2D eigenvalue weighted by molar-refractivity contribution is 7.80. The number of nitrogens with two attached hydrogens (primary N) is 1. The van der Waals surface area contributed by atoms with E-state index in [1.54, 1.807) is 6.07 Å². The predicted octanol–water partition coefficient (Wildman–Crippen LogP) is 1.51. The lowest BCUT2D eigenvalue weighted by atomic mass is 10.2. The maximum absolute atomic E-state index is 5.58. The lowest BCUT2D eigenvalue weighted by Crippen LogP contribution is -2.26. The zero-order chi connectivity index (χ0) is 12.3. The van der Waals surface area contributed by atoms with E-state index < -0.39 is 0 Å². The number of aryl methyl sites for hydroxylation is 1. The SMILES string of the molecule is Cc1cc(C(N)=S)nc(N(C)CC(C)C)n1. The fourth-order valence-corrected chi connectivity index (χ4v) is 1.58. The van der Waals surface area contributed by atoms with Crippen LogP contribution < -0.4 is 10.6 Å². The molecular formula is C11H18N4S. The van der Waals surface area contributed by atoms with Crippen LogP contribution in [0.5, 0.6) is 0 Å². The number of thiocarbonyl (C=S) groups is 1. The molecule has 0 aromatic carbocycles. The normalized spacial score (nSPS) is 10.6.